The lowest BCUT2D eigenvalue weighted by molar-refractivity contribution is -0.159. The Morgan fingerprint density at radius 1 is 1.19 bits per heavy atom. The van der Waals surface area contributed by atoms with Crippen molar-refractivity contribution in [2.75, 3.05) is 33.3 Å². The number of ether oxygens (including phenoxy) is 1. The van der Waals surface area contributed by atoms with E-state index in [-0.39, 0.29) is 49.4 Å². The topological polar surface area (TPSA) is 71.7 Å². The number of carbonyl (C=O) groups excluding carboxylic acids is 1. The van der Waals surface area contributed by atoms with Crippen LogP contribution < -0.4 is 4.74 Å². The van der Waals surface area contributed by atoms with Crippen LogP contribution in [0, 0.1) is 5.82 Å². The first-order valence-electron chi connectivity index (χ1n) is 9.60. The second-order valence-corrected chi connectivity index (χ2v) is 7.70. The van der Waals surface area contributed by atoms with Crippen LogP contribution in [0.2, 0.25) is 0 Å². The van der Waals surface area contributed by atoms with E-state index in [0.717, 1.165) is 6.07 Å². The summed E-state index contributed by atoms with van der Waals surface area (Å²) in [7, 11) is 1.84. The SMILES string of the molecule is CN1CCC(F)(C(=O)N2CCOc3cc(-c4noc(C(F)(F)F)n4)cc(F)c3C2)CC1. The second-order valence-electron chi connectivity index (χ2n) is 7.70. The number of piperidine rings is 1. The number of aromatic nitrogens is 2. The standard InChI is InChI=1S/C19H19F5N4O3/c1-27-4-2-18(21,3-5-27)17(29)28-6-7-30-14-9-11(8-13(20)12(14)10-28)15-25-16(31-26-15)19(22,23)24/h8-9H,2-7,10H2,1H3. The molecule has 1 aromatic carbocycles. The van der Waals surface area contributed by atoms with Crippen LogP contribution in [0.15, 0.2) is 16.7 Å². The van der Waals surface area contributed by atoms with Gasteiger partial charge in [-0.1, -0.05) is 5.16 Å². The number of rotatable bonds is 2. The van der Waals surface area contributed by atoms with Gasteiger partial charge in [0, 0.05) is 37.1 Å². The molecule has 3 heterocycles. The molecule has 0 bridgehead atoms. The molecule has 0 atom stereocenters. The molecule has 4 rings (SSSR count). The lowest BCUT2D eigenvalue weighted by atomic mass is 9.91. The Hall–Kier alpha value is -2.76. The first-order valence-corrected chi connectivity index (χ1v) is 9.60. The van der Waals surface area contributed by atoms with Crippen LogP contribution in [-0.2, 0) is 17.5 Å². The third kappa shape index (κ3) is 4.21. The van der Waals surface area contributed by atoms with Crippen molar-refractivity contribution >= 4 is 5.91 Å². The third-order valence-electron chi connectivity index (χ3n) is 5.50. The molecule has 12 heteroatoms. The Labute approximate surface area is 173 Å². The summed E-state index contributed by atoms with van der Waals surface area (Å²) in [6.45, 7) is 0.667. The minimum Gasteiger partial charge on any atom is -0.491 e. The first kappa shape index (κ1) is 21.5. The smallest absolute Gasteiger partial charge is 0.471 e. The van der Waals surface area contributed by atoms with Gasteiger partial charge in [0.1, 0.15) is 18.2 Å². The van der Waals surface area contributed by atoms with Gasteiger partial charge in [-0.3, -0.25) is 4.79 Å². The minimum atomic E-state index is -4.83. The Morgan fingerprint density at radius 2 is 1.90 bits per heavy atom. The number of benzene rings is 1. The van der Waals surface area contributed by atoms with Crippen LogP contribution in [0.5, 0.6) is 5.75 Å². The van der Waals surface area contributed by atoms with Crippen molar-refractivity contribution in [3.05, 3.63) is 29.4 Å². The number of hydrogen-bond donors (Lipinski definition) is 0. The number of carbonyl (C=O) groups is 1. The zero-order valence-corrected chi connectivity index (χ0v) is 16.5. The van der Waals surface area contributed by atoms with Crippen LogP contribution >= 0.6 is 0 Å². The molecule has 1 amide bonds. The zero-order chi connectivity index (χ0) is 22.4. The molecule has 1 fully saturated rings. The number of fused-ring (bicyclic) bond motifs is 1. The van der Waals surface area contributed by atoms with Crippen LogP contribution in [0.1, 0.15) is 24.3 Å². The highest BCUT2D eigenvalue weighted by Gasteiger charge is 2.44. The molecule has 1 saturated heterocycles. The highest BCUT2D eigenvalue weighted by atomic mass is 19.4. The number of amides is 1. The Balaban J connectivity index is 1.59. The highest BCUT2D eigenvalue weighted by Crippen LogP contribution is 2.35. The molecule has 0 saturated carbocycles. The predicted octanol–water partition coefficient (Wildman–Crippen LogP) is 3.05. The summed E-state index contributed by atoms with van der Waals surface area (Å²) in [4.78, 5) is 19.2. The van der Waals surface area contributed by atoms with Crippen LogP contribution in [-0.4, -0.2) is 64.8 Å². The fraction of sp³-hybridized carbons (Fsp3) is 0.526. The maximum Gasteiger partial charge on any atom is 0.471 e. The van der Waals surface area contributed by atoms with Gasteiger partial charge in [0.15, 0.2) is 5.67 Å². The maximum atomic E-state index is 15.2. The number of halogens is 5. The molecule has 2 aliphatic heterocycles. The van der Waals surface area contributed by atoms with Crippen molar-refractivity contribution in [2.24, 2.45) is 0 Å². The summed E-state index contributed by atoms with van der Waals surface area (Å²) in [6.07, 6.45) is -4.73. The van der Waals surface area contributed by atoms with Gasteiger partial charge in [-0.15, -0.1) is 0 Å². The molecule has 0 unspecified atom stereocenters. The van der Waals surface area contributed by atoms with E-state index < -0.39 is 35.3 Å². The van der Waals surface area contributed by atoms with Crippen LogP contribution in [0.25, 0.3) is 11.4 Å². The Morgan fingerprint density at radius 3 is 2.55 bits per heavy atom. The average molecular weight is 446 g/mol. The highest BCUT2D eigenvalue weighted by molar-refractivity contribution is 5.85. The number of alkyl halides is 4. The summed E-state index contributed by atoms with van der Waals surface area (Å²) >= 11 is 0. The first-order chi connectivity index (χ1) is 14.6. The summed E-state index contributed by atoms with van der Waals surface area (Å²) in [6, 6.07) is 2.21. The van der Waals surface area contributed by atoms with Crippen molar-refractivity contribution in [1.82, 2.24) is 19.9 Å². The van der Waals surface area contributed by atoms with E-state index in [0.29, 0.717) is 13.1 Å². The molecule has 7 nitrogen and oxygen atoms in total. The van der Waals surface area contributed by atoms with Crippen molar-refractivity contribution in [1.29, 1.82) is 0 Å². The second kappa shape index (κ2) is 7.74. The van der Waals surface area contributed by atoms with Crippen molar-refractivity contribution in [2.45, 2.75) is 31.2 Å². The van der Waals surface area contributed by atoms with Gasteiger partial charge < -0.3 is 19.1 Å². The molecule has 2 aliphatic rings. The molecule has 31 heavy (non-hydrogen) atoms. The Bertz CT molecular complexity index is 985. The average Bonchev–Trinajstić information content (AvgIpc) is 3.12. The van der Waals surface area contributed by atoms with Gasteiger partial charge in [-0.25, -0.2) is 8.78 Å². The fourth-order valence-corrected chi connectivity index (χ4v) is 3.66. The molecule has 0 spiro atoms. The van der Waals surface area contributed by atoms with Crippen molar-refractivity contribution < 1.29 is 36.0 Å². The molecule has 168 valence electrons. The third-order valence-corrected chi connectivity index (χ3v) is 5.50. The van der Waals surface area contributed by atoms with Gasteiger partial charge >= 0.3 is 12.1 Å². The number of hydrogen-bond acceptors (Lipinski definition) is 6. The maximum absolute atomic E-state index is 15.2. The van der Waals surface area contributed by atoms with E-state index in [9.17, 15) is 22.4 Å². The lowest BCUT2D eigenvalue weighted by Gasteiger charge is -2.36. The van der Waals surface area contributed by atoms with E-state index in [1.165, 1.54) is 11.0 Å². The van der Waals surface area contributed by atoms with Crippen LogP contribution in [0.3, 0.4) is 0 Å². The molecular weight excluding hydrogens is 427 g/mol. The zero-order valence-electron chi connectivity index (χ0n) is 16.5. The van der Waals surface area contributed by atoms with Gasteiger partial charge in [-0.05, 0) is 19.2 Å². The van der Waals surface area contributed by atoms with Crippen LogP contribution in [0.4, 0.5) is 22.0 Å². The fourth-order valence-electron chi connectivity index (χ4n) is 3.66. The molecular formula is C19H19F5N4O3. The van der Waals surface area contributed by atoms with E-state index in [4.69, 9.17) is 4.74 Å². The Kier molecular flexibility index (Phi) is 5.36. The van der Waals surface area contributed by atoms with E-state index >= 15 is 4.39 Å². The monoisotopic (exact) mass is 446 g/mol. The molecule has 0 N–H and O–H groups in total. The quantitative estimate of drug-likeness (QED) is 0.661. The number of likely N-dealkylation sites (tertiary alicyclic amines) is 1. The number of nitrogens with zero attached hydrogens (tertiary/aromatic N) is 4. The van der Waals surface area contributed by atoms with E-state index in [2.05, 4.69) is 14.7 Å². The predicted molar refractivity (Wildman–Crippen MR) is 96.2 cm³/mol. The molecule has 0 aliphatic carbocycles. The summed E-state index contributed by atoms with van der Waals surface area (Å²) in [5.74, 6) is -3.53. The lowest BCUT2D eigenvalue weighted by Crippen LogP contribution is -2.52. The molecule has 0 radical (unpaired) electrons. The minimum absolute atomic E-state index is 0.00525. The molecule has 2 aromatic rings. The van der Waals surface area contributed by atoms with Crippen molar-refractivity contribution in [3.8, 4) is 17.1 Å². The largest absolute Gasteiger partial charge is 0.491 e. The molecule has 1 aromatic heterocycles. The van der Waals surface area contributed by atoms with Gasteiger partial charge in [0.25, 0.3) is 5.91 Å². The van der Waals surface area contributed by atoms with Gasteiger partial charge in [-0.2, -0.15) is 18.2 Å². The van der Waals surface area contributed by atoms with E-state index in [1.54, 1.807) is 0 Å². The van der Waals surface area contributed by atoms with Gasteiger partial charge in [0.05, 0.1) is 13.1 Å². The summed E-state index contributed by atoms with van der Waals surface area (Å²) in [5.41, 5.74) is -2.09. The normalized spacial score (nSPS) is 19.5. The summed E-state index contributed by atoms with van der Waals surface area (Å²) in [5, 5.41) is 3.24. The van der Waals surface area contributed by atoms with Crippen molar-refractivity contribution in [3.63, 3.8) is 0 Å². The van der Waals surface area contributed by atoms with E-state index in [1.807, 2.05) is 11.9 Å². The van der Waals surface area contributed by atoms with Gasteiger partial charge in [0.2, 0.25) is 5.82 Å². The summed E-state index contributed by atoms with van der Waals surface area (Å²) < 4.78 is 77.8.